The molecule has 0 heterocycles. The molecule has 42 heavy (non-hydrogen) atoms. The summed E-state index contributed by atoms with van der Waals surface area (Å²) >= 11 is 6.49. The highest BCUT2D eigenvalue weighted by Crippen LogP contribution is 2.24. The Kier molecular flexibility index (Phi) is 11.4. The summed E-state index contributed by atoms with van der Waals surface area (Å²) in [7, 11) is -2.08. The second-order valence-electron chi connectivity index (χ2n) is 11.2. The van der Waals surface area contributed by atoms with Gasteiger partial charge in [0.05, 0.1) is 19.1 Å². The van der Waals surface area contributed by atoms with E-state index < -0.39 is 21.6 Å². The molecule has 10 heteroatoms. The van der Waals surface area contributed by atoms with Crippen molar-refractivity contribution >= 4 is 39.1 Å². The minimum Gasteiger partial charge on any atom is -0.497 e. The largest absolute Gasteiger partial charge is 0.497 e. The van der Waals surface area contributed by atoms with Gasteiger partial charge in [-0.05, 0) is 68.7 Å². The summed E-state index contributed by atoms with van der Waals surface area (Å²) < 4.78 is 31.7. The zero-order chi connectivity index (χ0) is 30.9. The van der Waals surface area contributed by atoms with E-state index in [-0.39, 0.29) is 37.7 Å². The van der Waals surface area contributed by atoms with Gasteiger partial charge in [0.2, 0.25) is 21.8 Å². The Labute approximate surface area is 254 Å². The van der Waals surface area contributed by atoms with Gasteiger partial charge in [0.15, 0.2) is 0 Å². The Morgan fingerprint density at radius 3 is 2.14 bits per heavy atom. The Bertz CT molecular complexity index is 1440. The molecule has 0 aliphatic rings. The maximum atomic E-state index is 13.9. The van der Waals surface area contributed by atoms with Crippen molar-refractivity contribution < 1.29 is 22.7 Å². The van der Waals surface area contributed by atoms with Crippen LogP contribution in [0, 0.1) is 0 Å². The van der Waals surface area contributed by atoms with E-state index in [1.54, 1.807) is 35.2 Å². The Hall–Kier alpha value is -3.56. The average Bonchev–Trinajstić information content (AvgIpc) is 2.93. The number of carbonyl (C=O) groups is 2. The monoisotopic (exact) mass is 613 g/mol. The number of halogens is 1. The third kappa shape index (κ3) is 9.77. The van der Waals surface area contributed by atoms with Gasteiger partial charge in [-0.1, -0.05) is 60.1 Å². The standard InChI is InChI=1S/C32H40ClN3O5S/c1-32(2,3)34-31(38)29(22-24-12-7-6-8-13-24)35(23-25-14-9-10-15-28(25)33)30(37)16-11-21-36(42(5,39)40)26-17-19-27(41-4)20-18-26/h6-10,12-15,17-20,29H,11,16,21-23H2,1-5H3,(H,34,38). The number of carbonyl (C=O) groups excluding carboxylic acids is 2. The lowest BCUT2D eigenvalue weighted by molar-refractivity contribution is -0.142. The van der Waals surface area contributed by atoms with Gasteiger partial charge in [0.1, 0.15) is 11.8 Å². The van der Waals surface area contributed by atoms with E-state index in [0.717, 1.165) is 11.8 Å². The van der Waals surface area contributed by atoms with E-state index in [4.69, 9.17) is 16.3 Å². The van der Waals surface area contributed by atoms with Crippen LogP contribution in [0.1, 0.15) is 44.7 Å². The summed E-state index contributed by atoms with van der Waals surface area (Å²) in [6, 6.07) is 22.7. The molecule has 0 aliphatic heterocycles. The van der Waals surface area contributed by atoms with Crippen LogP contribution in [0.5, 0.6) is 5.75 Å². The Balaban J connectivity index is 1.90. The van der Waals surface area contributed by atoms with Gasteiger partial charge in [0.25, 0.3) is 0 Å². The molecular weight excluding hydrogens is 574 g/mol. The molecule has 3 aromatic carbocycles. The van der Waals surface area contributed by atoms with Crippen LogP contribution in [-0.2, 0) is 32.6 Å². The molecule has 0 fully saturated rings. The van der Waals surface area contributed by atoms with Crippen LogP contribution in [0.25, 0.3) is 0 Å². The molecule has 0 aromatic heterocycles. The van der Waals surface area contributed by atoms with Gasteiger partial charge in [-0.15, -0.1) is 0 Å². The summed E-state index contributed by atoms with van der Waals surface area (Å²) in [5.74, 6) is 0.0569. The topological polar surface area (TPSA) is 96.0 Å². The predicted octanol–water partition coefficient (Wildman–Crippen LogP) is 5.45. The number of ether oxygens (including phenoxy) is 1. The zero-order valence-electron chi connectivity index (χ0n) is 24.8. The number of hydrogen-bond acceptors (Lipinski definition) is 5. The SMILES string of the molecule is COc1ccc(N(CCCC(=O)N(Cc2ccccc2Cl)C(Cc2ccccc2)C(=O)NC(C)(C)C)S(C)(=O)=O)cc1. The van der Waals surface area contributed by atoms with Crippen LogP contribution < -0.4 is 14.4 Å². The van der Waals surface area contributed by atoms with Crippen LogP contribution in [0.2, 0.25) is 5.02 Å². The maximum Gasteiger partial charge on any atom is 0.243 e. The zero-order valence-corrected chi connectivity index (χ0v) is 26.4. The maximum absolute atomic E-state index is 13.9. The summed E-state index contributed by atoms with van der Waals surface area (Å²) in [5.41, 5.74) is 1.58. The molecule has 8 nitrogen and oxygen atoms in total. The first-order valence-corrected chi connectivity index (χ1v) is 16.0. The van der Waals surface area contributed by atoms with Crippen LogP contribution >= 0.6 is 11.6 Å². The van der Waals surface area contributed by atoms with Gasteiger partial charge in [-0.2, -0.15) is 0 Å². The van der Waals surface area contributed by atoms with Crippen molar-refractivity contribution in [1.82, 2.24) is 10.2 Å². The van der Waals surface area contributed by atoms with E-state index in [0.29, 0.717) is 28.4 Å². The number of nitrogens with zero attached hydrogens (tertiary/aromatic N) is 2. The molecule has 3 rings (SSSR count). The third-order valence-electron chi connectivity index (χ3n) is 6.58. The third-order valence-corrected chi connectivity index (χ3v) is 8.14. The Morgan fingerprint density at radius 1 is 0.952 bits per heavy atom. The molecule has 0 bridgehead atoms. The highest BCUT2D eigenvalue weighted by molar-refractivity contribution is 7.92. The molecular formula is C32H40ClN3O5S. The first-order chi connectivity index (χ1) is 19.8. The number of methoxy groups -OCH3 is 1. The second kappa shape index (κ2) is 14.6. The van der Waals surface area contributed by atoms with Gasteiger partial charge in [-0.3, -0.25) is 13.9 Å². The van der Waals surface area contributed by atoms with Gasteiger partial charge in [0, 0.05) is 36.5 Å². The molecule has 0 saturated heterocycles. The van der Waals surface area contributed by atoms with E-state index in [1.165, 1.54) is 11.4 Å². The molecule has 0 saturated carbocycles. The van der Waals surface area contributed by atoms with Crippen molar-refractivity contribution in [3.63, 3.8) is 0 Å². The second-order valence-corrected chi connectivity index (χ2v) is 13.5. The first-order valence-electron chi connectivity index (χ1n) is 13.8. The van der Waals surface area contributed by atoms with Crippen molar-refractivity contribution in [3.8, 4) is 5.75 Å². The lowest BCUT2D eigenvalue weighted by Gasteiger charge is -2.34. The molecule has 0 radical (unpaired) electrons. The predicted molar refractivity (Wildman–Crippen MR) is 168 cm³/mol. The van der Waals surface area contributed by atoms with Crippen molar-refractivity contribution in [2.24, 2.45) is 0 Å². The number of anilines is 1. The highest BCUT2D eigenvalue weighted by Gasteiger charge is 2.32. The van der Waals surface area contributed by atoms with Crippen LogP contribution in [-0.4, -0.2) is 56.6 Å². The summed E-state index contributed by atoms with van der Waals surface area (Å²) in [5, 5.41) is 3.53. The van der Waals surface area contributed by atoms with Crippen molar-refractivity contribution in [2.45, 2.75) is 58.2 Å². The fraction of sp³-hybridized carbons (Fsp3) is 0.375. The number of amides is 2. The van der Waals surface area contributed by atoms with Crippen LogP contribution in [0.15, 0.2) is 78.9 Å². The summed E-state index contributed by atoms with van der Waals surface area (Å²) in [6.07, 6.45) is 1.71. The lowest BCUT2D eigenvalue weighted by atomic mass is 10.00. The average molecular weight is 614 g/mol. The van der Waals surface area contributed by atoms with Crippen molar-refractivity contribution in [2.75, 3.05) is 24.2 Å². The molecule has 226 valence electrons. The summed E-state index contributed by atoms with van der Waals surface area (Å²) in [6.45, 7) is 5.90. The Morgan fingerprint density at radius 2 is 1.57 bits per heavy atom. The van der Waals surface area contributed by atoms with E-state index >= 15 is 0 Å². The normalized spacial score (nSPS) is 12.3. The van der Waals surface area contributed by atoms with Gasteiger partial charge < -0.3 is 15.0 Å². The van der Waals surface area contributed by atoms with Gasteiger partial charge >= 0.3 is 0 Å². The molecule has 1 N–H and O–H groups in total. The number of sulfonamides is 1. The smallest absolute Gasteiger partial charge is 0.243 e. The van der Waals surface area contributed by atoms with Crippen molar-refractivity contribution in [1.29, 1.82) is 0 Å². The summed E-state index contributed by atoms with van der Waals surface area (Å²) in [4.78, 5) is 29.2. The number of nitrogens with one attached hydrogen (secondary N) is 1. The molecule has 1 atom stereocenters. The lowest BCUT2D eigenvalue weighted by Crippen LogP contribution is -2.54. The van der Waals surface area contributed by atoms with E-state index in [1.807, 2.05) is 69.3 Å². The number of hydrogen-bond donors (Lipinski definition) is 1. The molecule has 0 spiro atoms. The molecule has 1 unspecified atom stereocenters. The first kappa shape index (κ1) is 32.9. The van der Waals surface area contributed by atoms with E-state index in [2.05, 4.69) is 5.32 Å². The number of benzene rings is 3. The minimum absolute atomic E-state index is 0.0285. The molecule has 2 amide bonds. The van der Waals surface area contributed by atoms with Crippen LogP contribution in [0.4, 0.5) is 5.69 Å². The fourth-order valence-corrected chi connectivity index (χ4v) is 5.73. The fourth-order valence-electron chi connectivity index (χ4n) is 4.57. The highest BCUT2D eigenvalue weighted by atomic mass is 35.5. The minimum atomic E-state index is -3.61. The molecule has 3 aromatic rings. The van der Waals surface area contributed by atoms with Crippen molar-refractivity contribution in [3.05, 3.63) is 95.0 Å². The van der Waals surface area contributed by atoms with Crippen LogP contribution in [0.3, 0.4) is 0 Å². The molecule has 0 aliphatic carbocycles. The van der Waals surface area contributed by atoms with E-state index in [9.17, 15) is 18.0 Å². The quantitative estimate of drug-likeness (QED) is 0.277. The number of rotatable bonds is 13. The van der Waals surface area contributed by atoms with Gasteiger partial charge in [-0.25, -0.2) is 8.42 Å².